The molecule has 0 saturated carbocycles. The van der Waals surface area contributed by atoms with E-state index in [2.05, 4.69) is 23.5 Å². The zero-order valence-corrected chi connectivity index (χ0v) is 10.9. The maximum absolute atomic E-state index is 9.02. The number of hydrogen-bond donors (Lipinski definition) is 1. The van der Waals surface area contributed by atoms with Crippen molar-refractivity contribution in [2.45, 2.75) is 13.2 Å². The van der Waals surface area contributed by atoms with E-state index in [0.29, 0.717) is 18.7 Å². The molecule has 96 valence electrons. The normalized spacial score (nSPS) is 9.89. The summed E-state index contributed by atoms with van der Waals surface area (Å²) in [6.45, 7) is 1.30. The van der Waals surface area contributed by atoms with Gasteiger partial charge in [-0.05, 0) is 23.3 Å². The van der Waals surface area contributed by atoms with E-state index in [-0.39, 0.29) is 0 Å². The molecule has 2 aromatic rings. The second kappa shape index (κ2) is 6.58. The van der Waals surface area contributed by atoms with Crippen molar-refractivity contribution in [3.05, 3.63) is 65.2 Å². The fourth-order valence-corrected chi connectivity index (χ4v) is 1.93. The van der Waals surface area contributed by atoms with Gasteiger partial charge in [-0.3, -0.25) is 0 Å². The molecule has 0 aliphatic carbocycles. The molecule has 1 N–H and O–H groups in total. The smallest absolute Gasteiger partial charge is 0.101 e. The molecule has 3 heteroatoms. The van der Waals surface area contributed by atoms with E-state index >= 15 is 0 Å². The van der Waals surface area contributed by atoms with E-state index in [4.69, 9.17) is 10.00 Å². The monoisotopic (exact) mass is 252 g/mol. The summed E-state index contributed by atoms with van der Waals surface area (Å²) in [6.07, 6.45) is 0. The molecule has 3 nitrogen and oxygen atoms in total. The maximum Gasteiger partial charge on any atom is 0.101 e. The fourth-order valence-electron chi connectivity index (χ4n) is 1.93. The molecular formula is C16H16N2O. The van der Waals surface area contributed by atoms with Crippen LogP contribution in [0.4, 0.5) is 5.69 Å². The van der Waals surface area contributed by atoms with Crippen molar-refractivity contribution in [2.24, 2.45) is 0 Å². The third-order valence-electron chi connectivity index (χ3n) is 2.83. The molecule has 2 aromatic carbocycles. The van der Waals surface area contributed by atoms with Crippen LogP contribution in [0.25, 0.3) is 0 Å². The topological polar surface area (TPSA) is 45.0 Å². The predicted octanol–water partition coefficient (Wildman–Crippen LogP) is 3.32. The van der Waals surface area contributed by atoms with Gasteiger partial charge < -0.3 is 10.1 Å². The third-order valence-corrected chi connectivity index (χ3v) is 2.83. The van der Waals surface area contributed by atoms with E-state index in [1.807, 2.05) is 36.4 Å². The molecule has 0 saturated heterocycles. The van der Waals surface area contributed by atoms with Gasteiger partial charge in [-0.25, -0.2) is 0 Å². The minimum absolute atomic E-state index is 0.614. The number of benzene rings is 2. The molecule has 0 unspecified atom stereocenters. The highest BCUT2D eigenvalue weighted by Crippen LogP contribution is 2.15. The van der Waals surface area contributed by atoms with Gasteiger partial charge in [0.2, 0.25) is 0 Å². The summed E-state index contributed by atoms with van der Waals surface area (Å²) in [7, 11) is 1.69. The number of methoxy groups -OCH3 is 1. The van der Waals surface area contributed by atoms with Gasteiger partial charge in [0.05, 0.1) is 17.9 Å². The Morgan fingerprint density at radius 1 is 1.11 bits per heavy atom. The van der Waals surface area contributed by atoms with E-state index in [1.165, 1.54) is 5.56 Å². The lowest BCUT2D eigenvalue weighted by molar-refractivity contribution is 0.185. The van der Waals surface area contributed by atoms with Crippen LogP contribution in [0.15, 0.2) is 48.5 Å². The van der Waals surface area contributed by atoms with Crippen LogP contribution in [0.1, 0.15) is 16.7 Å². The first-order valence-corrected chi connectivity index (χ1v) is 6.13. The first-order valence-electron chi connectivity index (χ1n) is 6.13. The molecule has 19 heavy (non-hydrogen) atoms. The molecule has 2 rings (SSSR count). The van der Waals surface area contributed by atoms with Crippen molar-refractivity contribution in [2.75, 3.05) is 12.4 Å². The zero-order valence-electron chi connectivity index (χ0n) is 10.9. The van der Waals surface area contributed by atoms with Gasteiger partial charge in [0.15, 0.2) is 0 Å². The minimum atomic E-state index is 0.614. The SMILES string of the molecule is COCc1cccc(CNc2ccccc2C#N)c1. The van der Waals surface area contributed by atoms with Crippen LogP contribution < -0.4 is 5.32 Å². The molecule has 0 heterocycles. The van der Waals surface area contributed by atoms with Gasteiger partial charge in [-0.2, -0.15) is 5.26 Å². The van der Waals surface area contributed by atoms with Gasteiger partial charge in [0.1, 0.15) is 6.07 Å². The summed E-state index contributed by atoms with van der Waals surface area (Å²) in [5.41, 5.74) is 3.84. The van der Waals surface area contributed by atoms with E-state index in [9.17, 15) is 0 Å². The number of rotatable bonds is 5. The highest BCUT2D eigenvalue weighted by atomic mass is 16.5. The second-order valence-electron chi connectivity index (χ2n) is 4.26. The van der Waals surface area contributed by atoms with E-state index in [1.54, 1.807) is 7.11 Å². The second-order valence-corrected chi connectivity index (χ2v) is 4.26. The zero-order chi connectivity index (χ0) is 13.5. The summed E-state index contributed by atoms with van der Waals surface area (Å²) >= 11 is 0. The molecule has 0 spiro atoms. The fraction of sp³-hybridized carbons (Fsp3) is 0.188. The lowest BCUT2D eigenvalue weighted by atomic mass is 10.1. The van der Waals surface area contributed by atoms with Gasteiger partial charge in [-0.1, -0.05) is 36.4 Å². The van der Waals surface area contributed by atoms with Crippen molar-refractivity contribution in [3.63, 3.8) is 0 Å². The highest BCUT2D eigenvalue weighted by molar-refractivity contribution is 5.57. The molecule has 0 atom stereocenters. The van der Waals surface area contributed by atoms with Crippen LogP contribution in [0.2, 0.25) is 0 Å². The Balaban J connectivity index is 2.06. The predicted molar refractivity (Wildman–Crippen MR) is 75.6 cm³/mol. The number of anilines is 1. The summed E-state index contributed by atoms with van der Waals surface area (Å²) in [5, 5.41) is 12.3. The summed E-state index contributed by atoms with van der Waals surface area (Å²) in [5.74, 6) is 0. The van der Waals surface area contributed by atoms with Gasteiger partial charge in [0.25, 0.3) is 0 Å². The first kappa shape index (κ1) is 13.1. The molecule has 0 amide bonds. The summed E-state index contributed by atoms with van der Waals surface area (Å²) in [4.78, 5) is 0. The lowest BCUT2D eigenvalue weighted by Crippen LogP contribution is -2.01. The number of nitrogens with zero attached hydrogens (tertiary/aromatic N) is 1. The van der Waals surface area contributed by atoms with Crippen molar-refractivity contribution in [3.8, 4) is 6.07 Å². The maximum atomic E-state index is 9.02. The molecule has 0 aliphatic heterocycles. The minimum Gasteiger partial charge on any atom is -0.380 e. The van der Waals surface area contributed by atoms with Crippen molar-refractivity contribution in [1.29, 1.82) is 5.26 Å². The Bertz CT molecular complexity index is 587. The number of nitrogens with one attached hydrogen (secondary N) is 1. The quantitative estimate of drug-likeness (QED) is 0.887. The van der Waals surface area contributed by atoms with Crippen molar-refractivity contribution < 1.29 is 4.74 Å². The van der Waals surface area contributed by atoms with Gasteiger partial charge >= 0.3 is 0 Å². The first-order chi connectivity index (χ1) is 9.33. The standard InChI is InChI=1S/C16H16N2O/c1-19-12-14-6-4-5-13(9-14)11-18-16-8-3-2-7-15(16)10-17/h2-9,18H,11-12H2,1H3. The van der Waals surface area contributed by atoms with Crippen molar-refractivity contribution in [1.82, 2.24) is 0 Å². The Kier molecular flexibility index (Phi) is 4.54. The van der Waals surface area contributed by atoms with Gasteiger partial charge in [0, 0.05) is 13.7 Å². The van der Waals surface area contributed by atoms with Crippen LogP contribution >= 0.6 is 0 Å². The van der Waals surface area contributed by atoms with Crippen LogP contribution in [0.3, 0.4) is 0 Å². The Morgan fingerprint density at radius 2 is 1.89 bits per heavy atom. The number of ether oxygens (including phenoxy) is 1. The molecule has 0 bridgehead atoms. The lowest BCUT2D eigenvalue weighted by Gasteiger charge is -2.09. The number of hydrogen-bond acceptors (Lipinski definition) is 3. The largest absolute Gasteiger partial charge is 0.380 e. The molecule has 0 fully saturated rings. The van der Waals surface area contributed by atoms with E-state index < -0.39 is 0 Å². The number of nitriles is 1. The van der Waals surface area contributed by atoms with Crippen LogP contribution in [-0.4, -0.2) is 7.11 Å². The highest BCUT2D eigenvalue weighted by Gasteiger charge is 2.00. The average Bonchev–Trinajstić information content (AvgIpc) is 2.46. The molecule has 0 aliphatic rings. The number of para-hydroxylation sites is 1. The Hall–Kier alpha value is -2.31. The summed E-state index contributed by atoms with van der Waals surface area (Å²) in [6, 6.07) is 17.9. The van der Waals surface area contributed by atoms with Crippen LogP contribution in [0.5, 0.6) is 0 Å². The van der Waals surface area contributed by atoms with Crippen LogP contribution in [0, 0.1) is 11.3 Å². The van der Waals surface area contributed by atoms with E-state index in [0.717, 1.165) is 11.3 Å². The average molecular weight is 252 g/mol. The Morgan fingerprint density at radius 3 is 2.68 bits per heavy atom. The third kappa shape index (κ3) is 3.57. The van der Waals surface area contributed by atoms with Crippen molar-refractivity contribution >= 4 is 5.69 Å². The molecule has 0 radical (unpaired) electrons. The molecule has 0 aromatic heterocycles. The summed E-state index contributed by atoms with van der Waals surface area (Å²) < 4.78 is 5.12. The van der Waals surface area contributed by atoms with Crippen LogP contribution in [-0.2, 0) is 17.9 Å². The molecular weight excluding hydrogens is 236 g/mol. The van der Waals surface area contributed by atoms with Gasteiger partial charge in [-0.15, -0.1) is 0 Å². The Labute approximate surface area is 113 Å².